The van der Waals surface area contributed by atoms with Crippen molar-refractivity contribution < 1.29 is 37.0 Å². The zero-order valence-electron chi connectivity index (χ0n) is 26.9. The number of methoxy groups -OCH3 is 1. The fourth-order valence-corrected chi connectivity index (χ4v) is 4.23. The molecule has 0 radical (unpaired) electrons. The van der Waals surface area contributed by atoms with Gasteiger partial charge in [0.25, 0.3) is 6.43 Å². The van der Waals surface area contributed by atoms with Crippen molar-refractivity contribution in [2.45, 2.75) is 37.5 Å². The Morgan fingerprint density at radius 2 is 2.03 bits per heavy atom. The average molecular weight is 554 g/mol. The van der Waals surface area contributed by atoms with Crippen LogP contribution < -0.4 is 21.1 Å². The molecule has 1 aliphatic rings. The lowest BCUT2D eigenvalue weighted by Crippen LogP contribution is -2.63. The predicted octanol–water partition coefficient (Wildman–Crippen LogP) is 2.73. The largest absolute Gasteiger partial charge is 0.494 e. The van der Waals surface area contributed by atoms with Crippen molar-refractivity contribution in [3.8, 4) is 17.0 Å². The normalized spacial score (nSPS) is 24.2. The number of pyridine rings is 1. The van der Waals surface area contributed by atoms with Crippen LogP contribution >= 0.6 is 0 Å². The summed E-state index contributed by atoms with van der Waals surface area (Å²) in [5.41, 5.74) is 8.59. The van der Waals surface area contributed by atoms with Crippen LogP contribution in [0.15, 0.2) is 37.1 Å². The number of fused-ring (bicyclic) bond motifs is 1. The number of benzene rings is 1. The molecule has 3 aromatic heterocycles. The van der Waals surface area contributed by atoms with E-state index in [-0.39, 0.29) is 40.5 Å². The maximum Gasteiger partial charge on any atom is 0.265 e. The minimum absolute atomic E-state index is 0.0207. The number of aromatic nitrogens is 5. The number of anilines is 2. The van der Waals surface area contributed by atoms with E-state index < -0.39 is 73.9 Å². The second kappa shape index (κ2) is 10.3. The van der Waals surface area contributed by atoms with E-state index in [1.54, 1.807) is 0 Å². The number of hydrogen-bond donors (Lipinski definition) is 3. The second-order valence-electron chi connectivity index (χ2n) is 8.79. The molecule has 1 aromatic carbocycles. The number of alkyl halides is 2. The summed E-state index contributed by atoms with van der Waals surface area (Å²) in [4.78, 5) is 16.7. The highest BCUT2D eigenvalue weighted by Crippen LogP contribution is 2.34. The molecule has 39 heavy (non-hydrogen) atoms. The molecule has 0 unspecified atom stereocenters. The Labute approximate surface area is 230 Å². The highest BCUT2D eigenvalue weighted by atomic mass is 19.3. The van der Waals surface area contributed by atoms with Gasteiger partial charge in [-0.3, -0.25) is 4.98 Å². The highest BCUT2D eigenvalue weighted by Gasteiger charge is 2.43. The van der Waals surface area contributed by atoms with Gasteiger partial charge in [-0.1, -0.05) is 0 Å². The Morgan fingerprint density at radius 3 is 2.79 bits per heavy atom. The van der Waals surface area contributed by atoms with Crippen LogP contribution in [0.1, 0.15) is 28.0 Å². The molecule has 1 saturated heterocycles. The summed E-state index contributed by atoms with van der Waals surface area (Å²) in [5.74, 6) is -3.27. The molecule has 1 aliphatic heterocycles. The number of piperidine rings is 1. The fourth-order valence-electron chi connectivity index (χ4n) is 4.23. The van der Waals surface area contributed by atoms with Gasteiger partial charge < -0.3 is 30.8 Å². The van der Waals surface area contributed by atoms with E-state index in [0.717, 1.165) is 18.6 Å². The van der Waals surface area contributed by atoms with Crippen molar-refractivity contribution in [2.75, 3.05) is 30.7 Å². The molecule has 0 saturated carbocycles. The lowest BCUT2D eigenvalue weighted by molar-refractivity contribution is -0.0529. The summed E-state index contributed by atoms with van der Waals surface area (Å²) in [5, 5.41) is 10.3. The number of halogens is 4. The van der Waals surface area contributed by atoms with Crippen molar-refractivity contribution in [3.63, 3.8) is 0 Å². The van der Waals surface area contributed by atoms with E-state index in [9.17, 15) is 18.3 Å². The summed E-state index contributed by atoms with van der Waals surface area (Å²) in [6.07, 6.45) is -4.05. The number of nitrogen functional groups attached to an aromatic ring is 1. The Morgan fingerprint density at radius 1 is 1.21 bits per heavy atom. The first-order valence-electron chi connectivity index (χ1n) is 14.9. The van der Waals surface area contributed by atoms with E-state index in [1.807, 2.05) is 0 Å². The molecule has 1 fully saturated rings. The van der Waals surface area contributed by atoms with E-state index >= 15 is 4.39 Å². The number of hydrogen-bond acceptors (Lipinski definition) is 9. The number of imidazole rings is 1. The number of aliphatic hydroxyl groups excluding tert-OH is 1. The van der Waals surface area contributed by atoms with E-state index in [1.165, 1.54) is 10.9 Å². The Balaban J connectivity index is 1.71. The number of rotatable bonds is 7. The van der Waals surface area contributed by atoms with Crippen LogP contribution in [0.3, 0.4) is 0 Å². The Bertz CT molecular complexity index is 1800. The molecule has 0 amide bonds. The van der Waals surface area contributed by atoms with E-state index in [0.29, 0.717) is 17.0 Å². The number of nitrogens with zero attached hydrogens (tertiary/aromatic N) is 6. The molecule has 14 heteroatoms. The van der Waals surface area contributed by atoms with Gasteiger partial charge in [0.05, 0.1) is 49.9 Å². The third kappa shape index (κ3) is 4.92. The molecule has 0 spiro atoms. The monoisotopic (exact) mass is 553 g/mol. The summed E-state index contributed by atoms with van der Waals surface area (Å²) in [6.45, 7) is -6.06. The lowest BCUT2D eigenvalue weighted by Gasteiger charge is -2.44. The second-order valence-corrected chi connectivity index (χ2v) is 8.79. The van der Waals surface area contributed by atoms with Crippen LogP contribution in [-0.4, -0.2) is 67.7 Å². The third-order valence-corrected chi connectivity index (χ3v) is 6.28. The molecule has 206 valence electrons. The van der Waals surface area contributed by atoms with Crippen molar-refractivity contribution in [2.24, 2.45) is 5.73 Å². The first kappa shape index (κ1) is 19.1. The van der Waals surface area contributed by atoms with Crippen molar-refractivity contribution in [1.29, 1.82) is 0 Å². The van der Waals surface area contributed by atoms with Crippen LogP contribution in [0, 0.1) is 11.6 Å². The van der Waals surface area contributed by atoms with Gasteiger partial charge in [0.2, 0.25) is 0 Å². The molecule has 2 atom stereocenters. The quantitative estimate of drug-likeness (QED) is 0.295. The van der Waals surface area contributed by atoms with Gasteiger partial charge in [0.15, 0.2) is 23.0 Å². The molecule has 5 rings (SSSR count). The Hall–Kier alpha value is -4.04. The molecule has 4 heterocycles. The predicted molar refractivity (Wildman–Crippen MR) is 135 cm³/mol. The molecule has 0 aliphatic carbocycles. The van der Waals surface area contributed by atoms with Crippen molar-refractivity contribution in [1.82, 2.24) is 24.5 Å². The molecule has 10 nitrogen and oxygen atoms in total. The lowest BCUT2D eigenvalue weighted by atomic mass is 9.84. The SMILES string of the molecule is [2H]C([2H])([2H])Oc1cc(F)c(-c2cc(Cn3cnc4c(N)ncnc43)c(N3C([2H])([2H])CC[C@](N)([C@H](O)C(F)F)C3([2H])[2H])cn2)cc1F. The van der Waals surface area contributed by atoms with Gasteiger partial charge >= 0.3 is 0 Å². The summed E-state index contributed by atoms with van der Waals surface area (Å²) in [7, 11) is -3.08. The van der Waals surface area contributed by atoms with Crippen LogP contribution in [0.4, 0.5) is 29.1 Å². The molecule has 5 N–H and O–H groups in total. The first-order valence-corrected chi connectivity index (χ1v) is 11.4. The summed E-state index contributed by atoms with van der Waals surface area (Å²) < 4.78 is 120. The standard InChI is InChI=1S/C25H26F4N8O2/c1-39-19-7-15(26)14(6-16(19)27)17-5-13(9-37-12-35-20-23(30)33-11-34-24(20)37)18(8-32-17)36-4-2-3-25(31,10-36)21(38)22(28)29/h5-8,11-12,21-22,38H,2-4,9-10,31H2,1H3,(H2,30,33,34)/t21-,25-/m1/s1/i1D3,4D2,10D2. The maximum absolute atomic E-state index is 15.3. The third-order valence-electron chi connectivity index (χ3n) is 6.28. The fraction of sp³-hybridized carbons (Fsp3) is 0.360. The maximum atomic E-state index is 15.3. The van der Waals surface area contributed by atoms with Crippen molar-refractivity contribution in [3.05, 3.63) is 54.2 Å². The van der Waals surface area contributed by atoms with Crippen LogP contribution in [0.5, 0.6) is 5.75 Å². The van der Waals surface area contributed by atoms with E-state index in [2.05, 4.69) is 24.7 Å². The van der Waals surface area contributed by atoms with Crippen LogP contribution in [-0.2, 0) is 6.54 Å². The van der Waals surface area contributed by atoms with Crippen LogP contribution in [0.25, 0.3) is 22.4 Å². The number of nitrogens with two attached hydrogens (primary N) is 2. The van der Waals surface area contributed by atoms with Gasteiger partial charge in [-0.25, -0.2) is 32.5 Å². The average Bonchev–Trinajstić information content (AvgIpc) is 3.36. The first-order chi connectivity index (χ1) is 21.3. The number of ether oxygens (including phenoxy) is 1. The Kier molecular flexibility index (Phi) is 5.02. The van der Waals surface area contributed by atoms with E-state index in [4.69, 9.17) is 21.1 Å². The van der Waals surface area contributed by atoms with Gasteiger partial charge in [-0.15, -0.1) is 0 Å². The number of aliphatic hydroxyl groups is 1. The molecule has 4 aromatic rings. The van der Waals surface area contributed by atoms with Gasteiger partial charge in [-0.05, 0) is 30.5 Å². The van der Waals surface area contributed by atoms with Gasteiger partial charge in [0, 0.05) is 27.4 Å². The topological polar surface area (TPSA) is 141 Å². The minimum Gasteiger partial charge on any atom is -0.494 e. The summed E-state index contributed by atoms with van der Waals surface area (Å²) in [6, 6.07) is 2.30. The molecular weight excluding hydrogens is 520 g/mol. The molecule has 0 bridgehead atoms. The molecular formula is C25H26F4N8O2. The zero-order chi connectivity index (χ0) is 34.0. The van der Waals surface area contributed by atoms with Gasteiger partial charge in [0.1, 0.15) is 23.8 Å². The highest BCUT2D eigenvalue weighted by molar-refractivity contribution is 5.81. The summed E-state index contributed by atoms with van der Waals surface area (Å²) >= 11 is 0. The van der Waals surface area contributed by atoms with Gasteiger partial charge in [-0.2, -0.15) is 0 Å². The smallest absolute Gasteiger partial charge is 0.265 e. The van der Waals surface area contributed by atoms with Crippen molar-refractivity contribution >= 4 is 22.7 Å². The van der Waals surface area contributed by atoms with Crippen LogP contribution in [0.2, 0.25) is 0 Å². The zero-order valence-corrected chi connectivity index (χ0v) is 19.9. The minimum atomic E-state index is -3.47.